The fraction of sp³-hybridized carbons (Fsp3) is 0.400. The lowest BCUT2D eigenvalue weighted by Gasteiger charge is -2.15. The van der Waals surface area contributed by atoms with Gasteiger partial charge in [-0.15, -0.1) is 11.3 Å². The van der Waals surface area contributed by atoms with E-state index in [-0.39, 0.29) is 0 Å². The molecule has 14 heavy (non-hydrogen) atoms. The Morgan fingerprint density at radius 1 is 1.50 bits per heavy atom. The summed E-state index contributed by atoms with van der Waals surface area (Å²) in [7, 11) is -4.70. The summed E-state index contributed by atoms with van der Waals surface area (Å²) >= 11 is 0.594. The molecule has 0 spiro atoms. The monoisotopic (exact) mass is 246 g/mol. The van der Waals surface area contributed by atoms with Crippen LogP contribution in [0.2, 0.25) is 0 Å². The highest BCUT2D eigenvalue weighted by Crippen LogP contribution is 2.39. The van der Waals surface area contributed by atoms with E-state index in [1.54, 1.807) is 0 Å². The van der Waals surface area contributed by atoms with Gasteiger partial charge in [0.2, 0.25) is 15.3 Å². The van der Waals surface area contributed by atoms with Gasteiger partial charge in [0.1, 0.15) is 0 Å². The van der Waals surface area contributed by atoms with Crippen LogP contribution in [0, 0.1) is 0 Å². The second-order valence-corrected chi connectivity index (χ2v) is 4.98. The lowest BCUT2D eigenvalue weighted by atomic mass is 10.4. The molecule has 0 radical (unpaired) electrons. The normalized spacial score (nSPS) is 15.4. The predicted molar refractivity (Wildman–Crippen MR) is 44.0 cm³/mol. The average Bonchev–Trinajstić information content (AvgIpc) is 2.31. The molecule has 1 unspecified atom stereocenters. The Bertz CT molecular complexity index is 397. The van der Waals surface area contributed by atoms with Crippen LogP contribution in [-0.4, -0.2) is 19.6 Å². The van der Waals surface area contributed by atoms with Crippen molar-refractivity contribution in [1.82, 2.24) is 4.98 Å². The molecule has 1 aromatic rings. The molecule has 1 rings (SSSR count). The third kappa shape index (κ3) is 2.42. The number of nitrogens with two attached hydrogens (primary N) is 1. The van der Waals surface area contributed by atoms with E-state index in [0.717, 1.165) is 11.7 Å². The summed E-state index contributed by atoms with van der Waals surface area (Å²) in [5, 5.41) is 1.81. The highest BCUT2D eigenvalue weighted by molar-refractivity contribution is 7.89. The van der Waals surface area contributed by atoms with Crippen LogP contribution in [-0.2, 0) is 10.0 Å². The van der Waals surface area contributed by atoms with Crippen molar-refractivity contribution in [3.8, 4) is 0 Å². The molecule has 2 N–H and O–H groups in total. The Balaban J connectivity index is 3.22. The molecular formula is C5H5F3N2O2S2. The zero-order valence-electron chi connectivity index (χ0n) is 6.52. The first-order chi connectivity index (χ1) is 6.23. The molecule has 9 heteroatoms. The van der Waals surface area contributed by atoms with Crippen molar-refractivity contribution < 1.29 is 21.6 Å². The highest BCUT2D eigenvalue weighted by atomic mass is 32.2. The Hall–Kier alpha value is -0.670. The number of hydrogen-bond acceptors (Lipinski definition) is 4. The second-order valence-electron chi connectivity index (χ2n) is 2.41. The molecule has 0 aliphatic rings. The maximum atomic E-state index is 12.3. The van der Waals surface area contributed by atoms with Gasteiger partial charge >= 0.3 is 6.18 Å². The second kappa shape index (κ2) is 3.48. The molecule has 0 saturated carbocycles. The highest BCUT2D eigenvalue weighted by Gasteiger charge is 2.49. The molecule has 0 aromatic carbocycles. The number of sulfonamides is 1. The molecule has 0 aliphatic carbocycles. The summed E-state index contributed by atoms with van der Waals surface area (Å²) in [5.41, 5.74) is 1.11. The molecule has 1 aromatic heterocycles. The van der Waals surface area contributed by atoms with E-state index in [2.05, 4.69) is 10.1 Å². The average molecular weight is 246 g/mol. The van der Waals surface area contributed by atoms with Crippen LogP contribution in [0.3, 0.4) is 0 Å². The maximum Gasteiger partial charge on any atom is 0.411 e. The van der Waals surface area contributed by atoms with E-state index < -0.39 is 26.3 Å². The molecular weight excluding hydrogens is 241 g/mol. The number of halogens is 3. The zero-order valence-corrected chi connectivity index (χ0v) is 8.16. The molecule has 0 amide bonds. The lowest BCUT2D eigenvalue weighted by Crippen LogP contribution is -2.32. The van der Waals surface area contributed by atoms with Gasteiger partial charge in [-0.3, -0.25) is 4.98 Å². The minimum absolute atomic E-state index is 0.431. The van der Waals surface area contributed by atoms with E-state index in [1.165, 1.54) is 0 Å². The summed E-state index contributed by atoms with van der Waals surface area (Å²) in [6.45, 7) is 0. The number of thiazole rings is 1. The standard InChI is InChI=1S/C5H5F3N2O2S2/c6-5(7,8)4(14(9,11)12)3-1-10-2-13-3/h1-2,4H,(H2,9,11,12). The van der Waals surface area contributed by atoms with Crippen molar-refractivity contribution in [2.24, 2.45) is 5.14 Å². The van der Waals surface area contributed by atoms with Gasteiger partial charge in [0, 0.05) is 6.20 Å². The van der Waals surface area contributed by atoms with Crippen LogP contribution < -0.4 is 5.14 Å². The van der Waals surface area contributed by atoms with E-state index in [1.807, 2.05) is 0 Å². The molecule has 1 heterocycles. The van der Waals surface area contributed by atoms with Crippen LogP contribution in [0.4, 0.5) is 13.2 Å². The van der Waals surface area contributed by atoms with Crippen molar-refractivity contribution >= 4 is 21.4 Å². The van der Waals surface area contributed by atoms with Crippen molar-refractivity contribution in [3.05, 3.63) is 16.6 Å². The number of nitrogens with zero attached hydrogens (tertiary/aromatic N) is 1. The Kier molecular flexibility index (Phi) is 2.83. The molecule has 0 fully saturated rings. The quantitative estimate of drug-likeness (QED) is 0.847. The molecule has 80 valence electrons. The van der Waals surface area contributed by atoms with E-state index in [9.17, 15) is 21.6 Å². The molecule has 0 bridgehead atoms. The van der Waals surface area contributed by atoms with Crippen molar-refractivity contribution in [1.29, 1.82) is 0 Å². The summed E-state index contributed by atoms with van der Waals surface area (Å²) < 4.78 is 58.3. The fourth-order valence-electron chi connectivity index (χ4n) is 0.865. The van der Waals surface area contributed by atoms with Crippen molar-refractivity contribution in [3.63, 3.8) is 0 Å². The summed E-state index contributed by atoms with van der Waals surface area (Å²) in [4.78, 5) is 2.94. The maximum absolute atomic E-state index is 12.3. The molecule has 0 saturated heterocycles. The van der Waals surface area contributed by atoms with E-state index in [4.69, 9.17) is 0 Å². The largest absolute Gasteiger partial charge is 0.411 e. The minimum Gasteiger partial charge on any atom is -0.253 e. The van der Waals surface area contributed by atoms with Gasteiger partial charge in [-0.2, -0.15) is 13.2 Å². The van der Waals surface area contributed by atoms with Crippen molar-refractivity contribution in [2.45, 2.75) is 11.4 Å². The van der Waals surface area contributed by atoms with Gasteiger partial charge in [0.15, 0.2) is 0 Å². The van der Waals surface area contributed by atoms with Crippen molar-refractivity contribution in [2.75, 3.05) is 0 Å². The topological polar surface area (TPSA) is 73.1 Å². The number of hydrogen-bond donors (Lipinski definition) is 1. The van der Waals surface area contributed by atoms with E-state index in [0.29, 0.717) is 11.3 Å². The Morgan fingerprint density at radius 2 is 2.07 bits per heavy atom. The first-order valence-electron chi connectivity index (χ1n) is 3.19. The summed E-state index contributed by atoms with van der Waals surface area (Å²) in [6, 6.07) is 0. The lowest BCUT2D eigenvalue weighted by molar-refractivity contribution is -0.131. The van der Waals surface area contributed by atoms with Crippen LogP contribution in [0.15, 0.2) is 11.7 Å². The smallest absolute Gasteiger partial charge is 0.253 e. The third-order valence-electron chi connectivity index (χ3n) is 1.34. The fourth-order valence-corrected chi connectivity index (χ4v) is 2.81. The minimum atomic E-state index is -4.92. The van der Waals surface area contributed by atoms with Gasteiger partial charge in [0.05, 0.1) is 10.4 Å². The zero-order chi connectivity index (χ0) is 11.0. The Labute approximate surface area is 81.6 Å². The van der Waals surface area contributed by atoms with Gasteiger partial charge < -0.3 is 0 Å². The number of rotatable bonds is 2. The number of aromatic nitrogens is 1. The first kappa shape index (κ1) is 11.4. The Morgan fingerprint density at radius 3 is 2.36 bits per heavy atom. The van der Waals surface area contributed by atoms with E-state index >= 15 is 0 Å². The van der Waals surface area contributed by atoms with Gasteiger partial charge in [-0.25, -0.2) is 13.6 Å². The SMILES string of the molecule is NS(=O)(=O)C(c1cncs1)C(F)(F)F. The molecule has 1 atom stereocenters. The number of alkyl halides is 3. The molecule has 0 aliphatic heterocycles. The van der Waals surface area contributed by atoms with Crippen LogP contribution in [0.5, 0.6) is 0 Å². The summed E-state index contributed by atoms with van der Waals surface area (Å²) in [5.74, 6) is 0. The van der Waals surface area contributed by atoms with Gasteiger partial charge in [0.25, 0.3) is 0 Å². The van der Waals surface area contributed by atoms with Crippen LogP contribution in [0.25, 0.3) is 0 Å². The first-order valence-corrected chi connectivity index (χ1v) is 5.68. The van der Waals surface area contributed by atoms with Crippen LogP contribution in [0.1, 0.15) is 10.1 Å². The predicted octanol–water partition coefficient (Wildman–Crippen LogP) is 1.04. The summed E-state index contributed by atoms with van der Waals surface area (Å²) in [6.07, 6.45) is -4.08. The third-order valence-corrected chi connectivity index (χ3v) is 3.50. The van der Waals surface area contributed by atoms with Crippen LogP contribution >= 0.6 is 11.3 Å². The molecule has 4 nitrogen and oxygen atoms in total. The van der Waals surface area contributed by atoms with Gasteiger partial charge in [-0.1, -0.05) is 0 Å². The number of primary sulfonamides is 1. The van der Waals surface area contributed by atoms with Gasteiger partial charge in [-0.05, 0) is 0 Å².